The van der Waals surface area contributed by atoms with Crippen molar-refractivity contribution in [2.75, 3.05) is 33.2 Å². The Bertz CT molecular complexity index is 654. The van der Waals surface area contributed by atoms with Gasteiger partial charge in [-0.25, -0.2) is 8.42 Å². The van der Waals surface area contributed by atoms with E-state index in [1.165, 1.54) is 16.6 Å². The van der Waals surface area contributed by atoms with Crippen LogP contribution in [-0.4, -0.2) is 56.4 Å². The van der Waals surface area contributed by atoms with E-state index < -0.39 is 10.0 Å². The molecule has 0 saturated carbocycles. The molecule has 1 aromatic rings. The van der Waals surface area contributed by atoms with Gasteiger partial charge in [0.1, 0.15) is 10.6 Å². The van der Waals surface area contributed by atoms with E-state index in [1.807, 2.05) is 0 Å². The third-order valence-corrected chi connectivity index (χ3v) is 5.96. The van der Waals surface area contributed by atoms with Crippen LogP contribution in [0.2, 0.25) is 0 Å². The maximum absolute atomic E-state index is 12.8. The molecule has 1 aliphatic rings. The smallest absolute Gasteiger partial charge is 0.267 e. The number of nitrogens with one attached hydrogen (secondary N) is 2. The number of sulfonamides is 1. The SMILES string of the molecule is CNCCNC(=O)c1cc(S(=O)(=O)N2CCCC(C)C2)cn1C. The fourth-order valence-corrected chi connectivity index (χ4v) is 4.48. The van der Waals surface area contributed by atoms with Crippen molar-refractivity contribution in [1.29, 1.82) is 0 Å². The van der Waals surface area contributed by atoms with Gasteiger partial charge in [-0.2, -0.15) is 4.31 Å². The van der Waals surface area contributed by atoms with Crippen LogP contribution in [0, 0.1) is 5.92 Å². The molecule has 1 amide bonds. The Morgan fingerprint density at radius 1 is 1.39 bits per heavy atom. The molecule has 1 saturated heterocycles. The summed E-state index contributed by atoms with van der Waals surface area (Å²) >= 11 is 0. The molecule has 7 nitrogen and oxygen atoms in total. The van der Waals surface area contributed by atoms with Crippen LogP contribution in [0.5, 0.6) is 0 Å². The van der Waals surface area contributed by atoms with Crippen molar-refractivity contribution in [1.82, 2.24) is 19.5 Å². The number of aromatic nitrogens is 1. The maximum Gasteiger partial charge on any atom is 0.267 e. The van der Waals surface area contributed by atoms with E-state index in [-0.39, 0.29) is 10.8 Å². The Balaban J connectivity index is 2.17. The zero-order valence-corrected chi connectivity index (χ0v) is 14.8. The average Bonchev–Trinajstić information content (AvgIpc) is 2.90. The van der Waals surface area contributed by atoms with Crippen molar-refractivity contribution in [3.63, 3.8) is 0 Å². The van der Waals surface area contributed by atoms with Crippen LogP contribution < -0.4 is 10.6 Å². The normalized spacial score (nSPS) is 19.7. The fourth-order valence-electron chi connectivity index (χ4n) is 2.81. The highest BCUT2D eigenvalue weighted by molar-refractivity contribution is 7.89. The summed E-state index contributed by atoms with van der Waals surface area (Å²) in [5.41, 5.74) is 0.352. The number of piperidine rings is 1. The first kappa shape index (κ1) is 18.0. The molecule has 0 aliphatic carbocycles. The molecular formula is C15H26N4O3S. The van der Waals surface area contributed by atoms with Gasteiger partial charge in [-0.3, -0.25) is 4.79 Å². The monoisotopic (exact) mass is 342 g/mol. The van der Waals surface area contributed by atoms with Gasteiger partial charge in [0, 0.05) is 39.4 Å². The van der Waals surface area contributed by atoms with Gasteiger partial charge >= 0.3 is 0 Å². The maximum atomic E-state index is 12.8. The van der Waals surface area contributed by atoms with Gasteiger partial charge in [0.05, 0.1) is 0 Å². The third kappa shape index (κ3) is 4.13. The van der Waals surface area contributed by atoms with E-state index in [0.717, 1.165) is 12.8 Å². The molecule has 1 unspecified atom stereocenters. The number of rotatable bonds is 6. The first-order valence-electron chi connectivity index (χ1n) is 7.95. The lowest BCUT2D eigenvalue weighted by Gasteiger charge is -2.29. The second-order valence-electron chi connectivity index (χ2n) is 6.14. The second-order valence-corrected chi connectivity index (χ2v) is 8.08. The van der Waals surface area contributed by atoms with Gasteiger partial charge in [-0.05, 0) is 31.9 Å². The van der Waals surface area contributed by atoms with E-state index in [0.29, 0.717) is 37.8 Å². The molecule has 1 aromatic heterocycles. The second kappa shape index (κ2) is 7.46. The summed E-state index contributed by atoms with van der Waals surface area (Å²) in [6.07, 6.45) is 3.45. The Hall–Kier alpha value is -1.38. The number of amides is 1. The summed E-state index contributed by atoms with van der Waals surface area (Å²) in [7, 11) is -0.0453. The predicted molar refractivity (Wildman–Crippen MR) is 88.8 cm³/mol. The molecule has 0 bridgehead atoms. The molecule has 0 aromatic carbocycles. The molecule has 2 rings (SSSR count). The van der Waals surface area contributed by atoms with Crippen LogP contribution in [0.25, 0.3) is 0 Å². The van der Waals surface area contributed by atoms with Gasteiger partial charge in [-0.1, -0.05) is 6.92 Å². The number of aryl methyl sites for hydroxylation is 1. The number of nitrogens with zero attached hydrogens (tertiary/aromatic N) is 2. The highest BCUT2D eigenvalue weighted by Gasteiger charge is 2.30. The Kier molecular flexibility index (Phi) is 5.83. The quantitative estimate of drug-likeness (QED) is 0.733. The number of hydrogen-bond acceptors (Lipinski definition) is 4. The van der Waals surface area contributed by atoms with Crippen LogP contribution in [0.1, 0.15) is 30.3 Å². The van der Waals surface area contributed by atoms with Crippen LogP contribution in [0.15, 0.2) is 17.2 Å². The molecule has 8 heteroatoms. The standard InChI is InChI=1S/C15H26N4O3S/c1-12-5-4-8-19(10-12)23(21,22)13-9-14(18(3)11-13)15(20)17-7-6-16-2/h9,11-12,16H,4-8,10H2,1-3H3,(H,17,20). The zero-order valence-electron chi connectivity index (χ0n) is 14.0. The zero-order chi connectivity index (χ0) is 17.0. The van der Waals surface area contributed by atoms with Crippen molar-refractivity contribution < 1.29 is 13.2 Å². The third-order valence-electron chi connectivity index (χ3n) is 4.13. The molecule has 2 heterocycles. The molecule has 1 fully saturated rings. The van der Waals surface area contributed by atoms with E-state index in [1.54, 1.807) is 18.7 Å². The molecule has 0 spiro atoms. The van der Waals surface area contributed by atoms with Gasteiger partial charge in [0.15, 0.2) is 0 Å². The summed E-state index contributed by atoms with van der Waals surface area (Å²) in [6.45, 7) is 4.30. The first-order chi connectivity index (χ1) is 10.9. The summed E-state index contributed by atoms with van der Waals surface area (Å²) in [6, 6.07) is 1.46. The summed E-state index contributed by atoms with van der Waals surface area (Å²) in [5, 5.41) is 5.70. The highest BCUT2D eigenvalue weighted by Crippen LogP contribution is 2.24. The minimum Gasteiger partial charge on any atom is -0.349 e. The fraction of sp³-hybridized carbons (Fsp3) is 0.667. The molecule has 1 atom stereocenters. The Labute approximate surface area is 138 Å². The van der Waals surface area contributed by atoms with Crippen molar-refractivity contribution in [3.8, 4) is 0 Å². The first-order valence-corrected chi connectivity index (χ1v) is 9.39. The van der Waals surface area contributed by atoms with E-state index in [4.69, 9.17) is 0 Å². The molecule has 1 aliphatic heterocycles. The van der Waals surface area contributed by atoms with Crippen LogP contribution in [0.4, 0.5) is 0 Å². The van der Waals surface area contributed by atoms with E-state index in [2.05, 4.69) is 17.6 Å². The Morgan fingerprint density at radius 3 is 2.78 bits per heavy atom. The summed E-state index contributed by atoms with van der Waals surface area (Å²) in [5.74, 6) is 0.0998. The molecule has 23 heavy (non-hydrogen) atoms. The minimum absolute atomic E-state index is 0.188. The molecule has 130 valence electrons. The lowest BCUT2D eigenvalue weighted by molar-refractivity contribution is 0.0946. The lowest BCUT2D eigenvalue weighted by atomic mass is 10.0. The average molecular weight is 342 g/mol. The Morgan fingerprint density at radius 2 is 2.13 bits per heavy atom. The lowest BCUT2D eigenvalue weighted by Crippen LogP contribution is -2.38. The molecule has 2 N–H and O–H groups in total. The number of carbonyl (C=O) groups is 1. The van der Waals surface area contributed by atoms with Crippen LogP contribution in [0.3, 0.4) is 0 Å². The van der Waals surface area contributed by atoms with E-state index in [9.17, 15) is 13.2 Å². The molecule has 0 radical (unpaired) electrons. The van der Waals surface area contributed by atoms with Crippen molar-refractivity contribution in [2.24, 2.45) is 13.0 Å². The minimum atomic E-state index is -3.54. The van der Waals surface area contributed by atoms with E-state index >= 15 is 0 Å². The van der Waals surface area contributed by atoms with Gasteiger partial charge in [-0.15, -0.1) is 0 Å². The largest absolute Gasteiger partial charge is 0.349 e. The van der Waals surface area contributed by atoms with Crippen molar-refractivity contribution >= 4 is 15.9 Å². The predicted octanol–water partition coefficient (Wildman–Crippen LogP) is 0.395. The van der Waals surface area contributed by atoms with Gasteiger partial charge in [0.2, 0.25) is 10.0 Å². The number of carbonyl (C=O) groups excluding carboxylic acids is 1. The molecular weight excluding hydrogens is 316 g/mol. The topological polar surface area (TPSA) is 83.4 Å². The van der Waals surface area contributed by atoms with Gasteiger partial charge in [0.25, 0.3) is 5.91 Å². The number of likely N-dealkylation sites (N-methyl/N-ethyl adjacent to an activating group) is 1. The van der Waals surface area contributed by atoms with Crippen molar-refractivity contribution in [2.45, 2.75) is 24.7 Å². The summed E-state index contributed by atoms with van der Waals surface area (Å²) < 4.78 is 28.6. The summed E-state index contributed by atoms with van der Waals surface area (Å²) in [4.78, 5) is 12.3. The highest BCUT2D eigenvalue weighted by atomic mass is 32.2. The van der Waals surface area contributed by atoms with Crippen LogP contribution >= 0.6 is 0 Å². The van der Waals surface area contributed by atoms with Crippen molar-refractivity contribution in [3.05, 3.63) is 18.0 Å². The number of hydrogen-bond donors (Lipinski definition) is 2. The van der Waals surface area contributed by atoms with Gasteiger partial charge < -0.3 is 15.2 Å². The van der Waals surface area contributed by atoms with Crippen LogP contribution in [-0.2, 0) is 17.1 Å².